The number of nitrogens with zero attached hydrogens (tertiary/aromatic N) is 2. The predicted molar refractivity (Wildman–Crippen MR) is 13.3 cm³/mol. The van der Waals surface area contributed by atoms with Gasteiger partial charge in [0.25, 0.3) is 0 Å². The standard InChI is InChI=1S/2CHN.Au/c2*1-2;/h2*1H;. The first-order valence-corrected chi connectivity index (χ1v) is 0.516. The van der Waals surface area contributed by atoms with Gasteiger partial charge in [-0.25, -0.2) is 10.5 Å². The Balaban J connectivity index is -0.0000000133. The number of hydrogen-bond acceptors (Lipinski definition) is 2. The van der Waals surface area contributed by atoms with Gasteiger partial charge in [0.15, 0.2) is 0 Å². The van der Waals surface area contributed by atoms with Gasteiger partial charge in [-0.2, -0.15) is 0 Å². The van der Waals surface area contributed by atoms with Crippen LogP contribution >= 0.6 is 0 Å². The van der Waals surface area contributed by atoms with Crippen LogP contribution in [0.4, 0.5) is 0 Å². The molecule has 0 aromatic rings. The van der Waals surface area contributed by atoms with Gasteiger partial charge in [-0.15, -0.1) is 0 Å². The van der Waals surface area contributed by atoms with Crippen molar-refractivity contribution in [2.45, 2.75) is 0 Å². The van der Waals surface area contributed by atoms with Gasteiger partial charge in [0, 0.05) is 35.5 Å². The molecular weight excluding hydrogens is 249 g/mol. The average molecular weight is 251 g/mol. The van der Waals surface area contributed by atoms with Crippen LogP contribution in [-0.2, 0) is 22.4 Å². The van der Waals surface area contributed by atoms with Crippen molar-refractivity contribution in [1.82, 2.24) is 0 Å². The van der Waals surface area contributed by atoms with E-state index >= 15 is 0 Å². The minimum Gasteiger partial charge on any atom is -0.202 e. The number of hydrogen-bond donors (Lipinski definition) is 0. The molecule has 0 aliphatic carbocycles. The average Bonchev–Trinajstić information content (AvgIpc) is 1.50. The van der Waals surface area contributed by atoms with E-state index in [1.165, 1.54) is 0 Å². The summed E-state index contributed by atoms with van der Waals surface area (Å²) < 4.78 is 0. The van der Waals surface area contributed by atoms with E-state index in [1.54, 1.807) is 0 Å². The zero-order chi connectivity index (χ0) is 4.00. The summed E-state index contributed by atoms with van der Waals surface area (Å²) in [6.07, 6.45) is 0. The fourth-order valence-electron chi connectivity index (χ4n) is 0. The summed E-state index contributed by atoms with van der Waals surface area (Å²) in [6, 6.07) is 0. The molecule has 0 spiro atoms. The summed E-state index contributed by atoms with van der Waals surface area (Å²) >= 11 is 0. The molecule has 0 unspecified atom stereocenters. The van der Waals surface area contributed by atoms with Crippen molar-refractivity contribution in [2.75, 3.05) is 0 Å². The molecule has 0 saturated heterocycles. The van der Waals surface area contributed by atoms with E-state index in [4.69, 9.17) is 10.5 Å². The van der Waals surface area contributed by atoms with Crippen molar-refractivity contribution in [2.24, 2.45) is 0 Å². The van der Waals surface area contributed by atoms with Crippen molar-refractivity contribution in [3.05, 3.63) is 0 Å². The molecule has 31 valence electrons. The Morgan fingerprint density at radius 2 is 0.800 bits per heavy atom. The van der Waals surface area contributed by atoms with Crippen LogP contribution in [0.15, 0.2) is 0 Å². The normalized spacial score (nSPS) is 0.800. The first-order chi connectivity index (χ1) is 2.00. The van der Waals surface area contributed by atoms with E-state index in [9.17, 15) is 0 Å². The Kier molecular flexibility index (Phi) is 1550. The summed E-state index contributed by atoms with van der Waals surface area (Å²) in [6.45, 7) is 7.00. The van der Waals surface area contributed by atoms with Gasteiger partial charge in [0.1, 0.15) is 0 Å². The third-order valence-electron chi connectivity index (χ3n) is 0. The van der Waals surface area contributed by atoms with Crippen molar-refractivity contribution < 1.29 is 22.4 Å². The third-order valence-corrected chi connectivity index (χ3v) is 0. The van der Waals surface area contributed by atoms with Gasteiger partial charge in [-0.3, -0.25) is 0 Å². The van der Waals surface area contributed by atoms with Gasteiger partial charge in [-0.05, 0) is 0 Å². The van der Waals surface area contributed by atoms with E-state index < -0.39 is 0 Å². The van der Waals surface area contributed by atoms with E-state index in [2.05, 4.69) is 13.1 Å². The molecule has 0 aliphatic heterocycles. The third kappa shape index (κ3) is 141. The van der Waals surface area contributed by atoms with Crippen molar-refractivity contribution >= 4 is 0 Å². The molecule has 0 N–H and O–H groups in total. The minimum absolute atomic E-state index is 0. The Bertz CT molecular complexity index is 23.1. The van der Waals surface area contributed by atoms with Crippen molar-refractivity contribution in [3.63, 3.8) is 0 Å². The molecule has 0 aliphatic rings. The second-order valence-corrected chi connectivity index (χ2v) is 0. The topological polar surface area (TPSA) is 47.6 Å². The Hall–Kier alpha value is -0.280. The van der Waals surface area contributed by atoms with Crippen LogP contribution < -0.4 is 0 Å². The molecule has 1 radical (unpaired) electrons. The molecule has 0 saturated carbocycles. The predicted octanol–water partition coefficient (Wildman–Crippen LogP) is 0.277. The molecule has 0 aromatic heterocycles. The fraction of sp³-hybridized carbons (Fsp3) is 0. The van der Waals surface area contributed by atoms with Gasteiger partial charge >= 0.3 is 0 Å². The van der Waals surface area contributed by atoms with Crippen LogP contribution in [-0.4, -0.2) is 0 Å². The Morgan fingerprint density at radius 3 is 0.800 bits per heavy atom. The van der Waals surface area contributed by atoms with Gasteiger partial charge in [0.05, 0.1) is 0 Å². The summed E-state index contributed by atoms with van der Waals surface area (Å²) in [5, 5.41) is 13.0. The quantitative estimate of drug-likeness (QED) is 0.580. The zero-order valence-corrected chi connectivity index (χ0v) is 4.52. The second kappa shape index (κ2) is 352. The molecule has 0 atom stereocenters. The molecule has 0 heterocycles. The summed E-state index contributed by atoms with van der Waals surface area (Å²) in [5.74, 6) is 0. The molecule has 0 amide bonds. The maximum Gasteiger partial charge on any atom is 0.0462 e. The molecule has 3 heteroatoms. The maximum atomic E-state index is 6.50. The maximum absolute atomic E-state index is 6.50. The molecule has 0 rings (SSSR count). The molecule has 0 bridgehead atoms. The fourth-order valence-corrected chi connectivity index (χ4v) is 0. The van der Waals surface area contributed by atoms with E-state index in [0.717, 1.165) is 0 Å². The Morgan fingerprint density at radius 1 is 0.800 bits per heavy atom. The van der Waals surface area contributed by atoms with Gasteiger partial charge in [-0.1, -0.05) is 0 Å². The molecule has 0 aromatic carbocycles. The zero-order valence-electron chi connectivity index (χ0n) is 2.35. The molecule has 0 fully saturated rings. The monoisotopic (exact) mass is 251 g/mol. The van der Waals surface area contributed by atoms with Crippen molar-refractivity contribution in [1.29, 1.82) is 10.5 Å². The van der Waals surface area contributed by atoms with Crippen LogP contribution in [0.2, 0.25) is 0 Å². The smallest absolute Gasteiger partial charge is 0.0462 e. The number of nitriles is 2. The van der Waals surface area contributed by atoms with Crippen LogP contribution in [0.25, 0.3) is 0 Å². The van der Waals surface area contributed by atoms with Crippen molar-refractivity contribution in [3.8, 4) is 13.1 Å². The van der Waals surface area contributed by atoms with Crippen LogP contribution in [0, 0.1) is 23.7 Å². The molecule has 5 heavy (non-hydrogen) atoms. The van der Waals surface area contributed by atoms with E-state index in [-0.39, 0.29) is 22.4 Å². The summed E-state index contributed by atoms with van der Waals surface area (Å²) in [5.41, 5.74) is 0. The SMILES string of the molecule is C#N.C#N.[Au]. The second-order valence-electron chi connectivity index (χ2n) is 0. The summed E-state index contributed by atoms with van der Waals surface area (Å²) in [7, 11) is 0. The van der Waals surface area contributed by atoms with Gasteiger partial charge in [0.2, 0.25) is 0 Å². The van der Waals surface area contributed by atoms with E-state index in [1.807, 2.05) is 0 Å². The first kappa shape index (κ1) is 22.1. The Labute approximate surface area is 46.5 Å². The first-order valence-electron chi connectivity index (χ1n) is 0.516. The number of rotatable bonds is 0. The summed E-state index contributed by atoms with van der Waals surface area (Å²) in [4.78, 5) is 0. The van der Waals surface area contributed by atoms with Crippen LogP contribution in [0.5, 0.6) is 0 Å². The largest absolute Gasteiger partial charge is 0.202 e. The van der Waals surface area contributed by atoms with E-state index in [0.29, 0.717) is 0 Å². The van der Waals surface area contributed by atoms with Crippen LogP contribution in [0.1, 0.15) is 0 Å². The molecule has 2 nitrogen and oxygen atoms in total. The van der Waals surface area contributed by atoms with Gasteiger partial charge < -0.3 is 0 Å². The molecular formula is C2H2AuN2. The van der Waals surface area contributed by atoms with Crippen LogP contribution in [0.3, 0.4) is 0 Å². The minimum atomic E-state index is 0.